The lowest BCUT2D eigenvalue weighted by molar-refractivity contribution is -0.137. The topological polar surface area (TPSA) is 78.8 Å². The number of hydrogen-bond donors (Lipinski definition) is 1. The van der Waals surface area contributed by atoms with Gasteiger partial charge in [-0.15, -0.1) is 5.10 Å². The lowest BCUT2D eigenvalue weighted by Crippen LogP contribution is -2.14. The maximum absolute atomic E-state index is 12.3. The van der Waals surface area contributed by atoms with Crippen molar-refractivity contribution in [1.29, 1.82) is 0 Å². The SMILES string of the molecule is COc1c(N)cccc1-c1nnnn1CCC(F)(F)F. The highest BCUT2D eigenvalue weighted by Gasteiger charge is 2.28. The first-order valence-corrected chi connectivity index (χ1v) is 5.68. The van der Waals surface area contributed by atoms with Crippen LogP contribution in [-0.4, -0.2) is 33.5 Å². The zero-order valence-corrected chi connectivity index (χ0v) is 10.6. The zero-order valence-electron chi connectivity index (χ0n) is 10.6. The molecule has 0 spiro atoms. The van der Waals surface area contributed by atoms with E-state index >= 15 is 0 Å². The van der Waals surface area contributed by atoms with E-state index in [4.69, 9.17) is 10.5 Å². The summed E-state index contributed by atoms with van der Waals surface area (Å²) in [4.78, 5) is 0. The zero-order chi connectivity index (χ0) is 14.8. The van der Waals surface area contributed by atoms with Crippen molar-refractivity contribution in [2.45, 2.75) is 19.1 Å². The molecule has 1 heterocycles. The Morgan fingerprint density at radius 1 is 1.35 bits per heavy atom. The van der Waals surface area contributed by atoms with Crippen LogP contribution in [0.3, 0.4) is 0 Å². The van der Waals surface area contributed by atoms with Crippen LogP contribution < -0.4 is 10.5 Å². The molecule has 0 bridgehead atoms. The third-order valence-corrected chi connectivity index (χ3v) is 2.63. The minimum atomic E-state index is -4.27. The van der Waals surface area contributed by atoms with E-state index in [1.807, 2.05) is 0 Å². The van der Waals surface area contributed by atoms with Gasteiger partial charge in [-0.1, -0.05) is 6.07 Å². The molecule has 0 fully saturated rings. The molecule has 0 atom stereocenters. The summed E-state index contributed by atoms with van der Waals surface area (Å²) in [6, 6.07) is 4.90. The number of aromatic nitrogens is 4. The molecule has 0 aliphatic rings. The summed E-state index contributed by atoms with van der Waals surface area (Å²) in [6.07, 6.45) is -5.29. The summed E-state index contributed by atoms with van der Waals surface area (Å²) in [7, 11) is 1.42. The van der Waals surface area contributed by atoms with Crippen LogP contribution in [0.25, 0.3) is 11.4 Å². The Balaban J connectivity index is 2.35. The highest BCUT2D eigenvalue weighted by molar-refractivity contribution is 5.73. The number of hydrogen-bond acceptors (Lipinski definition) is 5. The molecule has 20 heavy (non-hydrogen) atoms. The van der Waals surface area contributed by atoms with E-state index in [1.54, 1.807) is 18.2 Å². The molecule has 1 aromatic carbocycles. The van der Waals surface area contributed by atoms with Gasteiger partial charge >= 0.3 is 6.18 Å². The van der Waals surface area contributed by atoms with Gasteiger partial charge in [-0.25, -0.2) is 4.68 Å². The van der Waals surface area contributed by atoms with Gasteiger partial charge < -0.3 is 10.5 Å². The quantitative estimate of drug-likeness (QED) is 0.869. The van der Waals surface area contributed by atoms with E-state index < -0.39 is 12.6 Å². The molecule has 2 aromatic rings. The van der Waals surface area contributed by atoms with Crippen LogP contribution in [0.2, 0.25) is 0 Å². The maximum atomic E-state index is 12.3. The van der Waals surface area contributed by atoms with E-state index in [1.165, 1.54) is 7.11 Å². The number of aryl methyl sites for hydroxylation is 1. The van der Waals surface area contributed by atoms with Crippen LogP contribution >= 0.6 is 0 Å². The second-order valence-electron chi connectivity index (χ2n) is 4.02. The molecule has 1 aromatic heterocycles. The first-order chi connectivity index (χ1) is 9.42. The van der Waals surface area contributed by atoms with Crippen molar-refractivity contribution in [3.63, 3.8) is 0 Å². The molecule has 0 aliphatic heterocycles. The van der Waals surface area contributed by atoms with Crippen LogP contribution in [0.5, 0.6) is 5.75 Å². The molecule has 0 saturated carbocycles. The summed E-state index contributed by atoms with van der Waals surface area (Å²) >= 11 is 0. The predicted octanol–water partition coefficient (Wildman–Crippen LogP) is 1.88. The summed E-state index contributed by atoms with van der Waals surface area (Å²) in [6.45, 7) is -0.371. The molecular weight excluding hydrogens is 275 g/mol. The van der Waals surface area contributed by atoms with E-state index in [2.05, 4.69) is 15.5 Å². The van der Waals surface area contributed by atoms with Crippen molar-refractivity contribution in [3.8, 4) is 17.1 Å². The van der Waals surface area contributed by atoms with Crippen LogP contribution in [0, 0.1) is 0 Å². The largest absolute Gasteiger partial charge is 0.494 e. The second-order valence-corrected chi connectivity index (χ2v) is 4.02. The van der Waals surface area contributed by atoms with Gasteiger partial charge in [0.05, 0.1) is 31.3 Å². The molecule has 2 N–H and O–H groups in total. The lowest BCUT2D eigenvalue weighted by atomic mass is 10.1. The van der Waals surface area contributed by atoms with Crippen molar-refractivity contribution < 1.29 is 17.9 Å². The molecule has 2 rings (SSSR count). The molecule has 0 aliphatic carbocycles. The maximum Gasteiger partial charge on any atom is 0.390 e. The Hall–Kier alpha value is -2.32. The van der Waals surface area contributed by atoms with Gasteiger partial charge in [0.1, 0.15) is 0 Å². The van der Waals surface area contributed by atoms with Gasteiger partial charge in [0, 0.05) is 0 Å². The normalized spacial score (nSPS) is 11.6. The van der Waals surface area contributed by atoms with Crippen LogP contribution in [-0.2, 0) is 6.54 Å². The Bertz CT molecular complexity index is 596. The van der Waals surface area contributed by atoms with Gasteiger partial charge in [0.25, 0.3) is 0 Å². The Labute approximate surface area is 112 Å². The van der Waals surface area contributed by atoms with Gasteiger partial charge in [-0.2, -0.15) is 13.2 Å². The number of nitrogen functional groups attached to an aromatic ring is 1. The number of nitrogens with zero attached hydrogens (tertiary/aromatic N) is 4. The Kier molecular flexibility index (Phi) is 3.77. The molecule has 0 unspecified atom stereocenters. The Morgan fingerprint density at radius 2 is 2.10 bits per heavy atom. The number of rotatable bonds is 4. The summed E-state index contributed by atoms with van der Waals surface area (Å²) in [5.41, 5.74) is 6.55. The van der Waals surface area contributed by atoms with Crippen molar-refractivity contribution in [2.75, 3.05) is 12.8 Å². The number of para-hydroxylation sites is 1. The number of methoxy groups -OCH3 is 1. The number of nitrogens with two attached hydrogens (primary N) is 1. The van der Waals surface area contributed by atoms with Crippen molar-refractivity contribution >= 4 is 5.69 Å². The van der Waals surface area contributed by atoms with Crippen LogP contribution in [0.1, 0.15) is 6.42 Å². The highest BCUT2D eigenvalue weighted by atomic mass is 19.4. The fourth-order valence-corrected chi connectivity index (χ4v) is 1.74. The summed E-state index contributed by atoms with van der Waals surface area (Å²) < 4.78 is 43.0. The van der Waals surface area contributed by atoms with E-state index in [9.17, 15) is 13.2 Å². The minimum absolute atomic E-state index is 0.179. The average molecular weight is 287 g/mol. The first-order valence-electron chi connectivity index (χ1n) is 5.68. The summed E-state index contributed by atoms with van der Waals surface area (Å²) in [5, 5.41) is 10.7. The van der Waals surface area contributed by atoms with Gasteiger partial charge in [-0.05, 0) is 22.6 Å². The van der Waals surface area contributed by atoms with E-state index in [-0.39, 0.29) is 12.4 Å². The van der Waals surface area contributed by atoms with Crippen LogP contribution in [0.15, 0.2) is 18.2 Å². The number of ether oxygens (including phenoxy) is 1. The minimum Gasteiger partial charge on any atom is -0.494 e. The monoisotopic (exact) mass is 287 g/mol. The van der Waals surface area contributed by atoms with Crippen molar-refractivity contribution in [3.05, 3.63) is 18.2 Å². The smallest absolute Gasteiger partial charge is 0.390 e. The molecule has 0 saturated heterocycles. The summed E-state index contributed by atoms with van der Waals surface area (Å²) in [5.74, 6) is 0.508. The number of anilines is 1. The number of halogens is 3. The molecular formula is C11H12F3N5O. The average Bonchev–Trinajstić information content (AvgIpc) is 2.83. The fourth-order valence-electron chi connectivity index (χ4n) is 1.74. The third-order valence-electron chi connectivity index (χ3n) is 2.63. The molecule has 108 valence electrons. The fraction of sp³-hybridized carbons (Fsp3) is 0.364. The van der Waals surface area contributed by atoms with Gasteiger partial charge in [0.2, 0.25) is 0 Å². The second kappa shape index (κ2) is 5.35. The standard InChI is InChI=1S/C11H12F3N5O/c1-20-9-7(3-2-4-8(9)15)10-16-17-18-19(10)6-5-11(12,13)14/h2-4H,5-6,15H2,1H3. The molecule has 6 nitrogen and oxygen atoms in total. The van der Waals surface area contributed by atoms with Gasteiger partial charge in [0.15, 0.2) is 11.6 Å². The molecule has 0 amide bonds. The van der Waals surface area contributed by atoms with Crippen molar-refractivity contribution in [1.82, 2.24) is 20.2 Å². The lowest BCUT2D eigenvalue weighted by Gasteiger charge is -2.11. The van der Waals surface area contributed by atoms with E-state index in [0.29, 0.717) is 17.0 Å². The van der Waals surface area contributed by atoms with E-state index in [0.717, 1.165) is 4.68 Å². The van der Waals surface area contributed by atoms with Gasteiger partial charge in [-0.3, -0.25) is 0 Å². The molecule has 9 heteroatoms. The predicted molar refractivity (Wildman–Crippen MR) is 64.9 cm³/mol. The van der Waals surface area contributed by atoms with Crippen LogP contribution in [0.4, 0.5) is 18.9 Å². The number of alkyl halides is 3. The highest BCUT2D eigenvalue weighted by Crippen LogP contribution is 2.33. The third kappa shape index (κ3) is 2.98. The van der Waals surface area contributed by atoms with Crippen molar-refractivity contribution in [2.24, 2.45) is 0 Å². The molecule has 0 radical (unpaired) electrons. The first kappa shape index (κ1) is 14.1. The number of tetrazole rings is 1. The Morgan fingerprint density at radius 3 is 2.75 bits per heavy atom. The number of benzene rings is 1.